The molecule has 1 aliphatic rings. The molecule has 13 atom stereocenters. The maximum absolute atomic E-state index is 15.5. The molecule has 0 bridgehead atoms. The summed E-state index contributed by atoms with van der Waals surface area (Å²) in [6, 6.07) is -14.1. The van der Waals surface area contributed by atoms with Gasteiger partial charge < -0.3 is 76.2 Å². The van der Waals surface area contributed by atoms with Crippen molar-refractivity contribution < 1.29 is 72.9 Å². The fourth-order valence-corrected chi connectivity index (χ4v) is 13.6. The summed E-state index contributed by atoms with van der Waals surface area (Å²) in [4.78, 5) is 185. The van der Waals surface area contributed by atoms with Gasteiger partial charge in [0.2, 0.25) is 70.9 Å². The molecule has 0 aromatic heterocycles. The van der Waals surface area contributed by atoms with Gasteiger partial charge in [-0.05, 0) is 119 Å². The van der Waals surface area contributed by atoms with Gasteiger partial charge >= 0.3 is 0 Å². The van der Waals surface area contributed by atoms with E-state index in [2.05, 4.69) is 26.6 Å². The number of carbonyl (C=O) groups excluding carboxylic acids is 12. The van der Waals surface area contributed by atoms with Crippen LogP contribution in [0.15, 0.2) is 0 Å². The number of hydrogen-bond donors (Lipinski definition) is 8. The zero-order valence-corrected chi connectivity index (χ0v) is 65.1. The fraction of sp³-hybridized carbons (Fsp3) is 0.831. The van der Waals surface area contributed by atoms with E-state index in [1.807, 2.05) is 55.4 Å². The van der Waals surface area contributed by atoms with Crippen molar-refractivity contribution in [3.05, 3.63) is 0 Å². The van der Waals surface area contributed by atoms with E-state index < -0.39 is 168 Å². The largest absolute Gasteiger partial charge is 0.396 e. The summed E-state index contributed by atoms with van der Waals surface area (Å²) in [7, 11) is 9.95. The standard InChI is InChI=1S/C71H130N12O15S/c1-24-50-66(93)81(21)55(40-99-34-30-29-33-84)69(96)77(17)52(36-42(4)5)63(90)76-57(45(10)11)70(97)78(18)51(35-41(2)3)62(89)73-48(15)61(88)74-49(16)65(92)79(19)53(37-43(6)7)67(94)80(20)54(38-44(8)9)68(95)82(22)58(46(12)13)71(98)83(23)59(64(91)75-50)60(87)47(14)31-27-25-26-28-32-72-56(86)39-85/h41-55,57-60,84-85,87H,24-40H2,1-23H3,(H,72,86)(H,73,89)(H,74,88)(H,75,91)(H,76,90)/t47-,48+,49-,50+,51+,52+,53+,54+,55-,57+,58+,59+,60-/m1/s1. The first-order valence-corrected chi connectivity index (χ1v) is 37.1. The molecule has 99 heavy (non-hydrogen) atoms. The lowest BCUT2D eigenvalue weighted by molar-refractivity contribution is -0.157. The van der Waals surface area contributed by atoms with Crippen LogP contribution in [0.3, 0.4) is 0 Å². The van der Waals surface area contributed by atoms with Crippen LogP contribution in [0.1, 0.15) is 188 Å². The summed E-state index contributed by atoms with van der Waals surface area (Å²) < 4.78 is 0. The van der Waals surface area contributed by atoms with E-state index in [0.717, 1.165) is 4.90 Å². The van der Waals surface area contributed by atoms with E-state index in [1.54, 1.807) is 41.5 Å². The van der Waals surface area contributed by atoms with Crippen molar-refractivity contribution >= 4 is 82.6 Å². The van der Waals surface area contributed by atoms with Gasteiger partial charge in [-0.15, -0.1) is 0 Å². The minimum Gasteiger partial charge on any atom is -0.396 e. The van der Waals surface area contributed by atoms with Gasteiger partial charge in [-0.1, -0.05) is 116 Å². The van der Waals surface area contributed by atoms with Crippen LogP contribution in [-0.4, -0.2) is 274 Å². The Morgan fingerprint density at radius 3 is 1.37 bits per heavy atom. The second kappa shape index (κ2) is 44.3. The van der Waals surface area contributed by atoms with Gasteiger partial charge in [0, 0.05) is 68.2 Å². The predicted molar refractivity (Wildman–Crippen MR) is 385 cm³/mol. The minimum absolute atomic E-state index is 0.0135. The van der Waals surface area contributed by atoms with E-state index in [1.165, 1.54) is 104 Å². The monoisotopic (exact) mass is 1420 g/mol. The number of hydrogen-bond acceptors (Lipinski definition) is 16. The summed E-state index contributed by atoms with van der Waals surface area (Å²) in [5.74, 6) is -10.3. The highest BCUT2D eigenvalue weighted by molar-refractivity contribution is 7.99. The van der Waals surface area contributed by atoms with Crippen LogP contribution in [-0.2, 0) is 57.5 Å². The zero-order chi connectivity index (χ0) is 76.2. The Bertz CT molecular complexity index is 2630. The molecule has 1 saturated heterocycles. The lowest BCUT2D eigenvalue weighted by atomic mass is 9.90. The summed E-state index contributed by atoms with van der Waals surface area (Å²) in [6.07, 6.45) is 2.84. The maximum Gasteiger partial charge on any atom is 0.246 e. The molecule has 1 aliphatic heterocycles. The van der Waals surface area contributed by atoms with E-state index in [-0.39, 0.29) is 68.1 Å². The minimum atomic E-state index is -1.69. The van der Waals surface area contributed by atoms with Crippen molar-refractivity contribution in [2.24, 2.45) is 41.4 Å². The molecule has 570 valence electrons. The van der Waals surface area contributed by atoms with Crippen LogP contribution in [0, 0.1) is 41.4 Å². The van der Waals surface area contributed by atoms with Gasteiger partial charge in [0.05, 0.1) is 6.10 Å². The van der Waals surface area contributed by atoms with Crippen molar-refractivity contribution in [1.29, 1.82) is 0 Å². The van der Waals surface area contributed by atoms with Crippen LogP contribution in [0.25, 0.3) is 0 Å². The lowest BCUT2D eigenvalue weighted by Gasteiger charge is -2.41. The van der Waals surface area contributed by atoms with Gasteiger partial charge in [0.1, 0.15) is 73.1 Å². The molecule has 1 fully saturated rings. The zero-order valence-electron chi connectivity index (χ0n) is 64.3. The molecule has 0 aromatic carbocycles. The molecular formula is C71H130N12O15S. The first-order valence-electron chi connectivity index (χ1n) is 35.9. The van der Waals surface area contributed by atoms with Crippen LogP contribution < -0.4 is 26.6 Å². The quantitative estimate of drug-likeness (QED) is 0.0547. The van der Waals surface area contributed by atoms with E-state index >= 15 is 28.8 Å². The highest BCUT2D eigenvalue weighted by Gasteiger charge is 2.46. The summed E-state index contributed by atoms with van der Waals surface area (Å²) in [5.41, 5.74) is 0. The Morgan fingerprint density at radius 1 is 0.455 bits per heavy atom. The molecule has 0 saturated carbocycles. The van der Waals surface area contributed by atoms with Crippen LogP contribution in [0.5, 0.6) is 0 Å². The van der Waals surface area contributed by atoms with Gasteiger partial charge in [-0.3, -0.25) is 57.5 Å². The van der Waals surface area contributed by atoms with Gasteiger partial charge in [-0.2, -0.15) is 11.8 Å². The van der Waals surface area contributed by atoms with Crippen LogP contribution >= 0.6 is 11.8 Å². The Morgan fingerprint density at radius 2 is 0.889 bits per heavy atom. The molecule has 1 rings (SSSR count). The summed E-state index contributed by atoms with van der Waals surface area (Å²) >= 11 is 1.34. The second-order valence-corrected chi connectivity index (χ2v) is 30.9. The Labute approximate surface area is 596 Å². The van der Waals surface area contributed by atoms with Gasteiger partial charge in [0.15, 0.2) is 0 Å². The van der Waals surface area contributed by atoms with Crippen LogP contribution in [0.4, 0.5) is 0 Å². The molecule has 27 nitrogen and oxygen atoms in total. The Balaban J connectivity index is 4.52. The number of aliphatic hydroxyl groups excluding tert-OH is 3. The average molecular weight is 1420 g/mol. The first-order chi connectivity index (χ1) is 46.1. The third-order valence-corrected chi connectivity index (χ3v) is 19.8. The van der Waals surface area contributed by atoms with Crippen molar-refractivity contribution in [3.8, 4) is 0 Å². The Kier molecular flexibility index (Phi) is 40.7. The topological polar surface area (TPSA) is 348 Å². The molecule has 0 aliphatic carbocycles. The first kappa shape index (κ1) is 90.9. The summed E-state index contributed by atoms with van der Waals surface area (Å²) in [6.45, 7) is 27.7. The second-order valence-electron chi connectivity index (χ2n) is 29.7. The number of rotatable bonds is 27. The molecule has 8 N–H and O–H groups in total. The number of aliphatic hydroxyl groups is 3. The normalized spacial score (nSPS) is 25.4. The number of thioether (sulfide) groups is 1. The van der Waals surface area contributed by atoms with E-state index in [9.17, 15) is 39.0 Å². The predicted octanol–water partition coefficient (Wildman–Crippen LogP) is 3.24. The molecule has 12 amide bonds. The van der Waals surface area contributed by atoms with Crippen LogP contribution in [0.2, 0.25) is 0 Å². The number of nitrogens with zero attached hydrogens (tertiary/aromatic N) is 7. The SMILES string of the molecule is CC[C@@H]1NC(=O)[C@H]([C@H](O)[C@H](C)CCCCCCNC(=O)CO)N(C)C(=O)[C@H](C(C)C)N(C)C(=O)[C@H](CC(C)C)N(C)C(=O)[C@H](CC(C)C)N(C)C(=O)[C@@H](C)NC(=O)[C@H](C)NC(=O)[C@H](CC(C)C)N(C)C(=O)[C@H](C(C)C)NC(=O)[C@H](CC(C)C)N(C)C(=O)[C@@H](CSCCCCO)N(C)C1=O. The number of amides is 12. The van der Waals surface area contributed by atoms with Gasteiger partial charge in [0.25, 0.3) is 0 Å². The van der Waals surface area contributed by atoms with Crippen molar-refractivity contribution in [3.63, 3.8) is 0 Å². The van der Waals surface area contributed by atoms with Crippen molar-refractivity contribution in [1.82, 2.24) is 60.9 Å². The number of likely N-dealkylation sites (N-methyl/N-ethyl adjacent to an activating group) is 7. The average Bonchev–Trinajstić information content (AvgIpc) is 0.807. The van der Waals surface area contributed by atoms with E-state index in [4.69, 9.17) is 5.11 Å². The van der Waals surface area contributed by atoms with Crippen molar-refractivity contribution in [2.45, 2.75) is 260 Å². The maximum atomic E-state index is 15.5. The Hall–Kier alpha value is -6.13. The third kappa shape index (κ3) is 28.0. The molecule has 28 heteroatoms. The molecule has 1 heterocycles. The number of carbonyl (C=O) groups is 12. The number of unbranched alkanes of at least 4 members (excludes halogenated alkanes) is 4. The smallest absolute Gasteiger partial charge is 0.246 e. The fourth-order valence-electron chi connectivity index (χ4n) is 12.4. The lowest BCUT2D eigenvalue weighted by Crippen LogP contribution is -2.64. The van der Waals surface area contributed by atoms with E-state index in [0.29, 0.717) is 57.2 Å². The highest BCUT2D eigenvalue weighted by atomic mass is 32.2. The van der Waals surface area contributed by atoms with Gasteiger partial charge in [-0.25, -0.2) is 0 Å². The number of nitrogens with one attached hydrogen (secondary N) is 5. The highest BCUT2D eigenvalue weighted by Crippen LogP contribution is 2.27. The molecule has 0 aromatic rings. The third-order valence-electron chi connectivity index (χ3n) is 18.7. The van der Waals surface area contributed by atoms with Crippen molar-refractivity contribution in [2.75, 3.05) is 80.6 Å². The molecule has 0 spiro atoms. The molecule has 0 unspecified atom stereocenters. The summed E-state index contributed by atoms with van der Waals surface area (Å²) in [5, 5.41) is 45.0. The molecular weight excluding hydrogens is 1290 g/mol. The molecule has 0 radical (unpaired) electrons.